The molecule has 1 saturated heterocycles. The predicted molar refractivity (Wildman–Crippen MR) is 121 cm³/mol. The highest BCUT2D eigenvalue weighted by molar-refractivity contribution is 5.75. The smallest absolute Gasteiger partial charge is 0.323 e. The summed E-state index contributed by atoms with van der Waals surface area (Å²) >= 11 is 0. The minimum Gasteiger partial charge on any atom is -0.462 e. The zero-order valence-corrected chi connectivity index (χ0v) is 18.3. The van der Waals surface area contributed by atoms with Gasteiger partial charge >= 0.3 is 5.97 Å². The van der Waals surface area contributed by atoms with Crippen molar-refractivity contribution in [3.63, 3.8) is 0 Å². The molecule has 2 unspecified atom stereocenters. The molecule has 3 heteroatoms. The molecule has 2 aromatic rings. The van der Waals surface area contributed by atoms with E-state index >= 15 is 0 Å². The molecular weight excluding hydrogens is 358 g/mol. The maximum atomic E-state index is 12.0. The molecule has 1 fully saturated rings. The SMILES string of the molecule is CN[C@H]1CCCC(CCCc2ccccc2)CC(C)OC1=O.Cc1ccccc1. The van der Waals surface area contributed by atoms with Crippen molar-refractivity contribution >= 4 is 5.97 Å². The number of rotatable bonds is 5. The summed E-state index contributed by atoms with van der Waals surface area (Å²) in [6.07, 6.45) is 7.80. The standard InChI is InChI=1S/C19H29NO2.C7H8/c1-15-14-17(11-6-10-16-8-4-3-5-9-16)12-7-13-18(20-2)19(21)22-15;1-7-5-3-2-4-6-7/h3-5,8-9,15,17-18,20H,6-7,10-14H2,1-2H3;2-6H,1H3/t15?,17?,18-;/m0./s1. The number of cyclic esters (lactones) is 1. The topological polar surface area (TPSA) is 38.3 Å². The summed E-state index contributed by atoms with van der Waals surface area (Å²) in [5.41, 5.74) is 2.74. The third-order valence-electron chi connectivity index (χ3n) is 5.58. The van der Waals surface area contributed by atoms with Crippen molar-refractivity contribution in [2.45, 2.75) is 70.9 Å². The quantitative estimate of drug-likeness (QED) is 0.659. The summed E-state index contributed by atoms with van der Waals surface area (Å²) in [4.78, 5) is 12.0. The third kappa shape index (κ3) is 9.27. The van der Waals surface area contributed by atoms with Crippen molar-refractivity contribution in [2.75, 3.05) is 7.05 Å². The van der Waals surface area contributed by atoms with Crippen molar-refractivity contribution in [3.05, 3.63) is 71.8 Å². The zero-order valence-electron chi connectivity index (χ0n) is 18.3. The fourth-order valence-corrected chi connectivity index (χ4v) is 3.94. The Morgan fingerprint density at radius 2 is 1.66 bits per heavy atom. The van der Waals surface area contributed by atoms with Gasteiger partial charge in [-0.1, -0.05) is 79.1 Å². The summed E-state index contributed by atoms with van der Waals surface area (Å²) in [6.45, 7) is 4.11. The Morgan fingerprint density at radius 3 is 2.24 bits per heavy atom. The average molecular weight is 396 g/mol. The molecular formula is C26H37NO2. The van der Waals surface area contributed by atoms with Crippen LogP contribution in [-0.2, 0) is 16.0 Å². The number of carbonyl (C=O) groups is 1. The first-order valence-corrected chi connectivity index (χ1v) is 11.0. The Hall–Kier alpha value is -2.13. The van der Waals surface area contributed by atoms with Crippen LogP contribution in [-0.4, -0.2) is 25.2 Å². The second-order valence-electron chi connectivity index (χ2n) is 8.15. The molecule has 0 amide bonds. The lowest BCUT2D eigenvalue weighted by atomic mass is 9.90. The van der Waals surface area contributed by atoms with E-state index < -0.39 is 0 Å². The van der Waals surface area contributed by atoms with Crippen LogP contribution in [0.2, 0.25) is 0 Å². The fourth-order valence-electron chi connectivity index (χ4n) is 3.94. The number of ether oxygens (including phenoxy) is 1. The minimum absolute atomic E-state index is 0.0307. The van der Waals surface area contributed by atoms with Gasteiger partial charge < -0.3 is 10.1 Å². The maximum absolute atomic E-state index is 12.0. The van der Waals surface area contributed by atoms with E-state index in [9.17, 15) is 4.79 Å². The Morgan fingerprint density at radius 1 is 1.00 bits per heavy atom. The summed E-state index contributed by atoms with van der Waals surface area (Å²) in [6, 6.07) is 20.8. The summed E-state index contributed by atoms with van der Waals surface area (Å²) in [5.74, 6) is 0.585. The Kier molecular flexibility index (Phi) is 10.5. The second kappa shape index (κ2) is 13.2. The van der Waals surface area contributed by atoms with Gasteiger partial charge in [0.15, 0.2) is 0 Å². The van der Waals surface area contributed by atoms with Crippen LogP contribution in [0.3, 0.4) is 0 Å². The fraction of sp³-hybridized carbons (Fsp3) is 0.500. The van der Waals surface area contributed by atoms with E-state index in [-0.39, 0.29) is 18.1 Å². The molecule has 0 bridgehead atoms. The molecule has 0 spiro atoms. The maximum Gasteiger partial charge on any atom is 0.323 e. The number of aryl methyl sites for hydroxylation is 2. The van der Waals surface area contributed by atoms with Gasteiger partial charge in [0.1, 0.15) is 6.04 Å². The van der Waals surface area contributed by atoms with Gasteiger partial charge in [-0.25, -0.2) is 0 Å². The number of carbonyl (C=O) groups excluding carboxylic acids is 1. The van der Waals surface area contributed by atoms with Crippen molar-refractivity contribution in [3.8, 4) is 0 Å². The second-order valence-corrected chi connectivity index (χ2v) is 8.15. The van der Waals surface area contributed by atoms with Crippen molar-refractivity contribution in [1.82, 2.24) is 5.32 Å². The van der Waals surface area contributed by atoms with Crippen molar-refractivity contribution in [2.24, 2.45) is 5.92 Å². The molecule has 3 rings (SSSR count). The molecule has 0 aromatic heterocycles. The molecule has 3 atom stereocenters. The first kappa shape index (κ1) is 23.2. The summed E-state index contributed by atoms with van der Waals surface area (Å²) in [7, 11) is 1.84. The molecule has 0 saturated carbocycles. The molecule has 0 radical (unpaired) electrons. The van der Waals surface area contributed by atoms with Crippen LogP contribution >= 0.6 is 0 Å². The molecule has 2 aromatic carbocycles. The van der Waals surface area contributed by atoms with Crippen LogP contribution in [0.1, 0.15) is 56.6 Å². The van der Waals surface area contributed by atoms with E-state index in [1.165, 1.54) is 30.4 Å². The van der Waals surface area contributed by atoms with Gasteiger partial charge in [0.25, 0.3) is 0 Å². The number of likely N-dealkylation sites (N-methyl/N-ethyl adjacent to an activating group) is 1. The first-order valence-electron chi connectivity index (χ1n) is 11.0. The highest BCUT2D eigenvalue weighted by atomic mass is 16.5. The molecule has 0 aliphatic carbocycles. The van der Waals surface area contributed by atoms with E-state index in [0.717, 1.165) is 25.7 Å². The van der Waals surface area contributed by atoms with Gasteiger partial charge in [0.05, 0.1) is 6.10 Å². The Labute approximate surface area is 176 Å². The van der Waals surface area contributed by atoms with E-state index in [0.29, 0.717) is 5.92 Å². The van der Waals surface area contributed by atoms with E-state index in [1.54, 1.807) is 0 Å². The molecule has 29 heavy (non-hydrogen) atoms. The molecule has 1 N–H and O–H groups in total. The molecule has 1 heterocycles. The number of hydrogen-bond acceptors (Lipinski definition) is 3. The highest BCUT2D eigenvalue weighted by Gasteiger charge is 2.24. The normalized spacial score (nSPS) is 22.3. The van der Waals surface area contributed by atoms with Gasteiger partial charge in [-0.2, -0.15) is 0 Å². The Balaban J connectivity index is 0.000000360. The minimum atomic E-state index is -0.134. The zero-order chi connectivity index (χ0) is 20.9. The average Bonchev–Trinajstić information content (AvgIpc) is 2.78. The van der Waals surface area contributed by atoms with Crippen LogP contribution in [0, 0.1) is 12.8 Å². The van der Waals surface area contributed by atoms with Gasteiger partial charge in [-0.05, 0) is 64.5 Å². The molecule has 1 aliphatic heterocycles. The van der Waals surface area contributed by atoms with Gasteiger partial charge in [0.2, 0.25) is 0 Å². The number of nitrogens with one attached hydrogen (secondary N) is 1. The van der Waals surface area contributed by atoms with Crippen molar-refractivity contribution in [1.29, 1.82) is 0 Å². The lowest BCUT2D eigenvalue weighted by Crippen LogP contribution is -2.36. The van der Waals surface area contributed by atoms with E-state index in [4.69, 9.17) is 4.74 Å². The van der Waals surface area contributed by atoms with Crippen LogP contribution in [0.4, 0.5) is 0 Å². The van der Waals surface area contributed by atoms with Crippen LogP contribution in [0.5, 0.6) is 0 Å². The van der Waals surface area contributed by atoms with Crippen LogP contribution < -0.4 is 5.32 Å². The Bertz CT molecular complexity index is 686. The van der Waals surface area contributed by atoms with Crippen molar-refractivity contribution < 1.29 is 9.53 Å². The number of esters is 1. The van der Waals surface area contributed by atoms with Gasteiger partial charge in [-0.15, -0.1) is 0 Å². The lowest BCUT2D eigenvalue weighted by molar-refractivity contribution is -0.151. The predicted octanol–water partition coefficient (Wildman–Crippen LogP) is 5.71. The van der Waals surface area contributed by atoms with Gasteiger partial charge in [-0.3, -0.25) is 4.79 Å². The van der Waals surface area contributed by atoms with E-state index in [2.05, 4.69) is 54.7 Å². The molecule has 3 nitrogen and oxygen atoms in total. The van der Waals surface area contributed by atoms with E-state index in [1.807, 2.05) is 32.2 Å². The summed E-state index contributed by atoms with van der Waals surface area (Å²) < 4.78 is 5.57. The number of hydrogen-bond donors (Lipinski definition) is 1. The monoisotopic (exact) mass is 395 g/mol. The van der Waals surface area contributed by atoms with Gasteiger partial charge in [0, 0.05) is 0 Å². The van der Waals surface area contributed by atoms with Crippen LogP contribution in [0.25, 0.3) is 0 Å². The van der Waals surface area contributed by atoms with Crippen LogP contribution in [0.15, 0.2) is 60.7 Å². The first-order chi connectivity index (χ1) is 14.1. The summed E-state index contributed by atoms with van der Waals surface area (Å²) in [5, 5.41) is 3.07. The molecule has 158 valence electrons. The number of benzene rings is 2. The highest BCUT2D eigenvalue weighted by Crippen LogP contribution is 2.25. The largest absolute Gasteiger partial charge is 0.462 e. The molecule has 1 aliphatic rings. The lowest BCUT2D eigenvalue weighted by Gasteiger charge is -2.20. The third-order valence-corrected chi connectivity index (χ3v) is 5.58.